The highest BCUT2D eigenvalue weighted by atomic mass is 16.6. The number of hydrogen-bond donors (Lipinski definition) is 5. The molecule has 0 aromatic carbocycles. The molecule has 0 unspecified atom stereocenters. The van der Waals surface area contributed by atoms with Crippen LogP contribution in [-0.2, 0) is 76.3 Å². The van der Waals surface area contributed by atoms with Crippen molar-refractivity contribution in [2.24, 2.45) is 0 Å². The number of methoxy groups -OCH3 is 1. The molecule has 1 aliphatic rings. The first-order valence-electron chi connectivity index (χ1n) is 26.5. The van der Waals surface area contributed by atoms with Gasteiger partial charge in [-0.15, -0.1) is 0 Å². The second-order valence-corrected chi connectivity index (χ2v) is 13.6. The lowest BCUT2D eigenvalue weighted by Crippen LogP contribution is -2.41. The summed E-state index contributed by atoms with van der Waals surface area (Å²) < 4.78 is 42.5. The first-order chi connectivity index (χ1) is 35.4. The number of ether oxygens (including phenoxy) is 8. The summed E-state index contributed by atoms with van der Waals surface area (Å²) in [6.07, 6.45) is 5.46. The van der Waals surface area contributed by atoms with E-state index in [9.17, 15) is 33.6 Å². The summed E-state index contributed by atoms with van der Waals surface area (Å²) in [7, 11) is 3.21. The summed E-state index contributed by atoms with van der Waals surface area (Å²) >= 11 is 0. The number of imide groups is 1. The summed E-state index contributed by atoms with van der Waals surface area (Å²) in [5, 5.41) is 12.5. The van der Waals surface area contributed by atoms with Crippen molar-refractivity contribution < 1.29 is 76.3 Å². The molecule has 1 aliphatic heterocycles. The van der Waals surface area contributed by atoms with Gasteiger partial charge in [0, 0.05) is 65.9 Å². The molecule has 0 radical (unpaired) electrons. The van der Waals surface area contributed by atoms with Crippen LogP contribution in [0.2, 0.25) is 0 Å². The zero-order chi connectivity index (χ0) is 57.0. The molecule has 7 amide bonds. The third-order valence-corrected chi connectivity index (χ3v) is 8.03. The van der Waals surface area contributed by atoms with E-state index in [1.54, 1.807) is 28.0 Å². The van der Waals surface area contributed by atoms with E-state index in [-0.39, 0.29) is 54.8 Å². The Morgan fingerprint density at radius 3 is 1.19 bits per heavy atom. The first-order valence-corrected chi connectivity index (χ1v) is 26.5. The fourth-order valence-electron chi connectivity index (χ4n) is 4.45. The Kier molecular flexibility index (Phi) is 87.1. The Morgan fingerprint density at radius 2 is 0.849 bits per heavy atom. The maximum Gasteiger partial charge on any atom is 0.239 e. The fraction of sp³-hybridized carbons (Fsp3) is 0.843. The molecular formula is C51H106N6O16. The molecule has 0 spiro atoms. The van der Waals surface area contributed by atoms with Gasteiger partial charge in [0.15, 0.2) is 0 Å². The number of rotatable bonds is 39. The SMILES string of the molecule is CC.CC.CC.CC.CCC(C)=O.CCCNC(=O)CCOCCOCCOCCOCCOCCOCCOCCOC.CCNC(=O)CNC(=O)CNC(=O)CCCCCN1C(=O)CCC1=O.CNC=O. The maximum atomic E-state index is 11.6. The molecule has 0 aromatic rings. The number of hydrogen-bond acceptors (Lipinski definition) is 16. The Labute approximate surface area is 441 Å². The van der Waals surface area contributed by atoms with Crippen LogP contribution >= 0.6 is 0 Å². The molecule has 1 saturated heterocycles. The quantitative estimate of drug-likeness (QED) is 0.0328. The van der Waals surface area contributed by atoms with E-state index < -0.39 is 5.91 Å². The van der Waals surface area contributed by atoms with Crippen LogP contribution in [0, 0.1) is 0 Å². The maximum absolute atomic E-state index is 11.6. The summed E-state index contributed by atoms with van der Waals surface area (Å²) in [4.78, 5) is 88.6. The molecule has 5 N–H and O–H groups in total. The molecule has 0 aliphatic carbocycles. The zero-order valence-corrected chi connectivity index (χ0v) is 48.1. The van der Waals surface area contributed by atoms with E-state index in [0.29, 0.717) is 170 Å². The lowest BCUT2D eigenvalue weighted by molar-refractivity contribution is -0.138. The van der Waals surface area contributed by atoms with Gasteiger partial charge in [0.25, 0.3) is 0 Å². The van der Waals surface area contributed by atoms with Gasteiger partial charge in [-0.2, -0.15) is 0 Å². The number of amides is 7. The Hall–Kier alpha value is -4.16. The number of Topliss-reactive ketones (excluding diaryl/α,β-unsaturated/α-hetero) is 1. The number of unbranched alkanes of at least 4 members (excludes halogenated alkanes) is 2. The number of carbonyl (C=O) groups is 8. The lowest BCUT2D eigenvalue weighted by atomic mass is 10.2. The van der Waals surface area contributed by atoms with Gasteiger partial charge in [-0.3, -0.25) is 38.5 Å². The first kappa shape index (κ1) is 82.8. The molecule has 22 heteroatoms. The number of carbonyl (C=O) groups excluding carboxylic acids is 8. The van der Waals surface area contributed by atoms with Crippen LogP contribution in [0.1, 0.15) is 141 Å². The van der Waals surface area contributed by atoms with Crippen molar-refractivity contribution in [1.82, 2.24) is 31.5 Å². The highest BCUT2D eigenvalue weighted by Gasteiger charge is 2.27. The van der Waals surface area contributed by atoms with Crippen molar-refractivity contribution in [2.75, 3.05) is 146 Å². The molecular weight excluding hydrogens is 953 g/mol. The molecule has 1 fully saturated rings. The van der Waals surface area contributed by atoms with Gasteiger partial charge in [0.05, 0.1) is 112 Å². The van der Waals surface area contributed by atoms with Crippen LogP contribution in [0.5, 0.6) is 0 Å². The molecule has 73 heavy (non-hydrogen) atoms. The van der Waals surface area contributed by atoms with Crippen LogP contribution in [0.25, 0.3) is 0 Å². The van der Waals surface area contributed by atoms with Gasteiger partial charge in [-0.1, -0.05) is 75.7 Å². The average Bonchev–Trinajstić information content (AvgIpc) is 3.74. The minimum Gasteiger partial charge on any atom is -0.382 e. The minimum atomic E-state index is -0.425. The van der Waals surface area contributed by atoms with Crippen LogP contribution in [0.15, 0.2) is 0 Å². The van der Waals surface area contributed by atoms with Crippen LogP contribution < -0.4 is 26.6 Å². The van der Waals surface area contributed by atoms with E-state index in [0.717, 1.165) is 6.42 Å². The second-order valence-electron chi connectivity index (χ2n) is 13.6. The molecule has 0 bridgehead atoms. The van der Waals surface area contributed by atoms with Crippen molar-refractivity contribution in [3.8, 4) is 0 Å². The molecule has 0 atom stereocenters. The Balaban J connectivity index is -0.000000184. The number of likely N-dealkylation sites (tertiary alicyclic amines) is 1. The van der Waals surface area contributed by atoms with Gasteiger partial charge in [-0.05, 0) is 33.1 Å². The number of likely N-dealkylation sites (N-methyl/N-ethyl adjacent to an activating group) is 1. The summed E-state index contributed by atoms with van der Waals surface area (Å²) in [6, 6.07) is 0. The minimum absolute atomic E-state index is 0.0227. The normalized spacial score (nSPS) is 10.6. The van der Waals surface area contributed by atoms with Gasteiger partial charge < -0.3 is 69.3 Å². The van der Waals surface area contributed by atoms with E-state index in [4.69, 9.17) is 42.7 Å². The van der Waals surface area contributed by atoms with Crippen molar-refractivity contribution in [3.63, 3.8) is 0 Å². The largest absolute Gasteiger partial charge is 0.382 e. The molecule has 1 rings (SSSR count). The predicted octanol–water partition coefficient (Wildman–Crippen LogP) is 4.18. The molecule has 0 aromatic heterocycles. The highest BCUT2D eigenvalue weighted by Crippen LogP contribution is 2.13. The Morgan fingerprint density at radius 1 is 0.507 bits per heavy atom. The lowest BCUT2D eigenvalue weighted by Gasteiger charge is -2.13. The van der Waals surface area contributed by atoms with Crippen molar-refractivity contribution in [3.05, 3.63) is 0 Å². The van der Waals surface area contributed by atoms with Crippen molar-refractivity contribution in [2.45, 2.75) is 141 Å². The van der Waals surface area contributed by atoms with E-state index in [1.807, 2.05) is 69.2 Å². The summed E-state index contributed by atoms with van der Waals surface area (Å²) in [5.41, 5.74) is 0. The molecule has 22 nitrogen and oxygen atoms in total. The highest BCUT2D eigenvalue weighted by molar-refractivity contribution is 6.01. The van der Waals surface area contributed by atoms with Gasteiger partial charge in [0.1, 0.15) is 5.78 Å². The van der Waals surface area contributed by atoms with E-state index >= 15 is 0 Å². The van der Waals surface area contributed by atoms with Gasteiger partial charge in [-0.25, -0.2) is 0 Å². The average molecular weight is 1060 g/mol. The Bertz CT molecular complexity index is 1210. The van der Waals surface area contributed by atoms with Crippen LogP contribution in [0.3, 0.4) is 0 Å². The smallest absolute Gasteiger partial charge is 0.239 e. The number of nitrogens with zero attached hydrogens (tertiary/aromatic N) is 1. The molecule has 1 heterocycles. The predicted molar refractivity (Wildman–Crippen MR) is 286 cm³/mol. The monoisotopic (exact) mass is 1060 g/mol. The van der Waals surface area contributed by atoms with Crippen molar-refractivity contribution >= 4 is 47.6 Å². The van der Waals surface area contributed by atoms with Gasteiger partial charge in [0.2, 0.25) is 41.9 Å². The van der Waals surface area contributed by atoms with Crippen LogP contribution in [-0.4, -0.2) is 199 Å². The summed E-state index contributed by atoms with van der Waals surface area (Å²) in [5.74, 6) is -0.924. The molecule has 436 valence electrons. The standard InChI is InChI=1S/C21H43NO9.C16H26N4O5.C4H8O.C2H5NO.4C2H6/c1-3-5-22-21(23)4-6-25-9-10-27-13-14-29-17-18-31-20-19-30-16-15-28-12-11-26-8-7-24-2;1-2-17-13(22)10-19-14(23)11-18-12(21)6-4-3-5-9-20-15(24)7-8-16(20)25;1-3-4(2)5;1-3-2-4;4*1-2/h3-20H2,1-2H3,(H,22,23);2-11H2,1H3,(H,17,22)(H,18,21)(H,19,23);3H2,1-2H3;2H,1H3,(H,3,4);4*1-2H3. The topological polar surface area (TPSA) is 274 Å². The third kappa shape index (κ3) is 76.9. The van der Waals surface area contributed by atoms with Gasteiger partial charge >= 0.3 is 0 Å². The number of nitrogens with one attached hydrogen (secondary N) is 5. The van der Waals surface area contributed by atoms with E-state index in [2.05, 4.69) is 26.6 Å². The van der Waals surface area contributed by atoms with E-state index in [1.165, 1.54) is 4.90 Å². The number of ketones is 1. The zero-order valence-electron chi connectivity index (χ0n) is 48.1. The fourth-order valence-corrected chi connectivity index (χ4v) is 4.45. The molecule has 0 saturated carbocycles. The second kappa shape index (κ2) is 76.8. The van der Waals surface area contributed by atoms with Crippen molar-refractivity contribution in [1.29, 1.82) is 0 Å². The third-order valence-electron chi connectivity index (χ3n) is 8.03. The summed E-state index contributed by atoms with van der Waals surface area (Å²) in [6.45, 7) is 32.4. The van der Waals surface area contributed by atoms with Crippen LogP contribution in [0.4, 0.5) is 0 Å².